The van der Waals surface area contributed by atoms with Gasteiger partial charge in [-0.1, -0.05) is 0 Å². The van der Waals surface area contributed by atoms with E-state index in [4.69, 9.17) is 27.5 Å². The Bertz CT molecular complexity index is 662. The van der Waals surface area contributed by atoms with Crippen molar-refractivity contribution in [2.45, 2.75) is 82.3 Å². The van der Waals surface area contributed by atoms with Crippen molar-refractivity contribution in [1.82, 2.24) is 0 Å². The van der Waals surface area contributed by atoms with Crippen LogP contribution in [0.25, 0.3) is 0 Å². The number of nitrogens with zero attached hydrogens (tertiary/aromatic N) is 1. The molecule has 0 radical (unpaired) electrons. The molecule has 5 heteroatoms. The van der Waals surface area contributed by atoms with Crippen LogP contribution in [-0.4, -0.2) is 26.2 Å². The molecular formula is C23H38Cl2INO. The number of rotatable bonds is 8. The molecule has 0 spiro atoms. The summed E-state index contributed by atoms with van der Waals surface area (Å²) in [6.45, 7) is 8.75. The Morgan fingerprint density at radius 1 is 1.14 bits per heavy atom. The predicted molar refractivity (Wildman–Crippen MR) is 136 cm³/mol. The van der Waals surface area contributed by atoms with Crippen LogP contribution < -0.4 is 4.74 Å². The van der Waals surface area contributed by atoms with Crippen LogP contribution in [0.3, 0.4) is 0 Å². The zero-order valence-corrected chi connectivity index (χ0v) is 22.0. The molecule has 0 amide bonds. The van der Waals surface area contributed by atoms with Crippen molar-refractivity contribution in [3.05, 3.63) is 29.3 Å². The van der Waals surface area contributed by atoms with Crippen LogP contribution >= 0.6 is 32.6 Å². The minimum absolute atomic E-state index is 0.183. The fourth-order valence-corrected chi connectivity index (χ4v) is 5.08. The first-order valence-electron chi connectivity index (χ1n) is 10.6. The molecule has 1 aromatic rings. The number of hydrogen-bond acceptors (Lipinski definition) is 2. The fourth-order valence-electron chi connectivity index (χ4n) is 3.67. The maximum atomic E-state index is 6.76. The monoisotopic (exact) mass is 541 g/mol. The number of ether oxygens (including phenoxy) is 1. The summed E-state index contributed by atoms with van der Waals surface area (Å²) in [7, 11) is 13.5. The Labute approximate surface area is 180 Å². The van der Waals surface area contributed by atoms with Crippen molar-refractivity contribution in [3.63, 3.8) is 0 Å². The van der Waals surface area contributed by atoms with Crippen LogP contribution in [0.2, 0.25) is 0 Å². The molecule has 28 heavy (non-hydrogen) atoms. The molecule has 1 saturated carbocycles. The van der Waals surface area contributed by atoms with Crippen molar-refractivity contribution < 1.29 is 4.74 Å². The van der Waals surface area contributed by atoms with Crippen molar-refractivity contribution in [2.24, 2.45) is 10.9 Å². The van der Waals surface area contributed by atoms with E-state index in [-0.39, 0.29) is 4.11 Å². The van der Waals surface area contributed by atoms with Crippen LogP contribution in [0, 0.1) is 5.92 Å². The van der Waals surface area contributed by atoms with Gasteiger partial charge in [-0.3, -0.25) is 0 Å². The molecule has 1 unspecified atom stereocenters. The van der Waals surface area contributed by atoms with Gasteiger partial charge in [-0.15, -0.1) is 0 Å². The molecular weight excluding hydrogens is 504 g/mol. The zero-order valence-electron chi connectivity index (χ0n) is 18.4. The van der Waals surface area contributed by atoms with E-state index >= 15 is 0 Å². The standard InChI is InChI=1S/C23H38Cl2INO/c1-7-21(8-2)27-16-20-10-9-11-22(19-14-12-17(3)13-15-19)23(20)28-18(4)26(5,6,24)25/h9-11,16-19,21H,7-8,12-15H2,1-6H3. The second-order valence-corrected chi connectivity index (χ2v) is 32.4. The average Bonchev–Trinajstić information content (AvgIpc) is 2.63. The molecule has 1 aromatic carbocycles. The Kier molecular flexibility index (Phi) is 8.56. The Balaban J connectivity index is 2.42. The average molecular weight is 542 g/mol. The summed E-state index contributed by atoms with van der Waals surface area (Å²) in [6.07, 6.45) is 9.09. The molecule has 1 aliphatic carbocycles. The Morgan fingerprint density at radius 2 is 1.75 bits per heavy atom. The first-order chi connectivity index (χ1) is 13.0. The molecule has 1 atom stereocenters. The molecule has 162 valence electrons. The third kappa shape index (κ3) is 6.77. The molecule has 2 nitrogen and oxygen atoms in total. The molecule has 0 N–H and O–H groups in total. The van der Waals surface area contributed by atoms with Gasteiger partial charge >= 0.3 is 182 Å². The topological polar surface area (TPSA) is 21.6 Å². The van der Waals surface area contributed by atoms with E-state index in [0.29, 0.717) is 12.0 Å². The number of alkyl halides is 3. The van der Waals surface area contributed by atoms with Crippen LogP contribution in [0.5, 0.6) is 5.75 Å². The van der Waals surface area contributed by atoms with E-state index in [1.807, 2.05) is 23.0 Å². The minimum atomic E-state index is -3.55. The summed E-state index contributed by atoms with van der Waals surface area (Å²) < 4.78 is 6.37. The van der Waals surface area contributed by atoms with Crippen LogP contribution in [0.1, 0.15) is 83.3 Å². The number of hydrogen-bond donors (Lipinski definition) is 0. The van der Waals surface area contributed by atoms with Gasteiger partial charge in [-0.05, 0) is 0 Å². The van der Waals surface area contributed by atoms with Gasteiger partial charge in [0.25, 0.3) is 0 Å². The van der Waals surface area contributed by atoms with Crippen molar-refractivity contribution in [1.29, 1.82) is 0 Å². The third-order valence-corrected chi connectivity index (χ3v) is 14.2. The first kappa shape index (κ1) is 24.3. The normalized spacial score (nSPS) is 23.5. The zero-order chi connectivity index (χ0) is 21.0. The van der Waals surface area contributed by atoms with E-state index in [2.05, 4.69) is 39.0 Å². The fraction of sp³-hybridized carbons (Fsp3) is 0.696. The third-order valence-electron chi connectivity index (χ3n) is 6.03. The van der Waals surface area contributed by atoms with Gasteiger partial charge in [-0.2, -0.15) is 0 Å². The second kappa shape index (κ2) is 9.87. The van der Waals surface area contributed by atoms with Gasteiger partial charge in [0, 0.05) is 0 Å². The number of para-hydroxylation sites is 1. The quantitative estimate of drug-likeness (QED) is 0.184. The summed E-state index contributed by atoms with van der Waals surface area (Å²) in [5, 5.41) is 0. The van der Waals surface area contributed by atoms with Gasteiger partial charge in [0.05, 0.1) is 0 Å². The summed E-state index contributed by atoms with van der Waals surface area (Å²) in [5.41, 5.74) is 2.36. The molecule has 0 aliphatic heterocycles. The van der Waals surface area contributed by atoms with Gasteiger partial charge in [0.15, 0.2) is 0 Å². The molecule has 0 saturated heterocycles. The van der Waals surface area contributed by atoms with Gasteiger partial charge in [0.1, 0.15) is 0 Å². The maximum absolute atomic E-state index is 6.76. The van der Waals surface area contributed by atoms with Crippen LogP contribution in [0.4, 0.5) is 0 Å². The van der Waals surface area contributed by atoms with Gasteiger partial charge in [-0.25, -0.2) is 0 Å². The van der Waals surface area contributed by atoms with Crippen LogP contribution in [-0.2, 0) is 0 Å². The molecule has 1 aliphatic rings. The molecule has 0 bridgehead atoms. The second-order valence-electron chi connectivity index (χ2n) is 8.74. The summed E-state index contributed by atoms with van der Waals surface area (Å²) in [5.74, 6) is 2.31. The van der Waals surface area contributed by atoms with E-state index in [9.17, 15) is 0 Å². The summed E-state index contributed by atoms with van der Waals surface area (Å²) in [4.78, 5) is 8.80. The Hall–Kier alpha value is -0.000000000000000111. The van der Waals surface area contributed by atoms with Crippen molar-refractivity contribution >= 4 is 38.8 Å². The Morgan fingerprint density at radius 3 is 2.29 bits per heavy atom. The predicted octanol–water partition coefficient (Wildman–Crippen LogP) is 8.46. The van der Waals surface area contributed by atoms with Crippen LogP contribution in [0.15, 0.2) is 23.2 Å². The van der Waals surface area contributed by atoms with Gasteiger partial charge in [0.2, 0.25) is 0 Å². The van der Waals surface area contributed by atoms with Crippen molar-refractivity contribution in [2.75, 3.05) is 9.86 Å². The molecule has 0 aromatic heterocycles. The molecule has 0 heterocycles. The van der Waals surface area contributed by atoms with E-state index in [1.54, 1.807) is 0 Å². The summed E-state index contributed by atoms with van der Waals surface area (Å²) in [6, 6.07) is 6.83. The van der Waals surface area contributed by atoms with E-state index < -0.39 is 14.8 Å². The molecule has 1 fully saturated rings. The summed E-state index contributed by atoms with van der Waals surface area (Å²) >= 11 is -3.55. The molecule has 2 rings (SSSR count). The van der Waals surface area contributed by atoms with E-state index in [0.717, 1.165) is 30.1 Å². The van der Waals surface area contributed by atoms with E-state index in [1.165, 1.54) is 31.2 Å². The number of benzene rings is 1. The SMILES string of the molecule is CCC(CC)N=Cc1cccc(C2CCC(C)CC2)c1OC(C)I(C)(C)(Cl)Cl. The number of aliphatic imine (C=N–C) groups is 1. The van der Waals surface area contributed by atoms with Crippen molar-refractivity contribution in [3.8, 4) is 5.75 Å². The number of halogens is 3. The first-order valence-corrected chi connectivity index (χ1v) is 21.6. The van der Waals surface area contributed by atoms with Gasteiger partial charge < -0.3 is 0 Å².